The van der Waals surface area contributed by atoms with Crippen molar-refractivity contribution in [3.63, 3.8) is 0 Å². The summed E-state index contributed by atoms with van der Waals surface area (Å²) in [6.45, 7) is 3.27. The van der Waals surface area contributed by atoms with Gasteiger partial charge >= 0.3 is 0 Å². The lowest BCUT2D eigenvalue weighted by Gasteiger charge is -2.16. The summed E-state index contributed by atoms with van der Waals surface area (Å²) in [5, 5.41) is 14.5. The van der Waals surface area contributed by atoms with Crippen molar-refractivity contribution in [3.8, 4) is 11.5 Å². The van der Waals surface area contributed by atoms with Crippen LogP contribution in [-0.4, -0.2) is 37.1 Å². The molecule has 0 spiro atoms. The third-order valence-corrected chi connectivity index (χ3v) is 2.65. The largest absolute Gasteiger partial charge is 0.497 e. The average molecular weight is 266 g/mol. The lowest BCUT2D eigenvalue weighted by molar-refractivity contribution is -0.126. The summed E-state index contributed by atoms with van der Waals surface area (Å²) >= 11 is 0. The summed E-state index contributed by atoms with van der Waals surface area (Å²) in [6.07, 6.45) is -0.664. The summed E-state index contributed by atoms with van der Waals surface area (Å²) < 4.78 is 10.7. The second kappa shape index (κ2) is 6.63. The number of rotatable bonds is 5. The van der Waals surface area contributed by atoms with Crippen LogP contribution in [-0.2, 0) is 4.79 Å². The quantitative estimate of drug-likeness (QED) is 0.479. The van der Waals surface area contributed by atoms with Crippen molar-refractivity contribution in [1.82, 2.24) is 5.32 Å². The molecule has 1 unspecified atom stereocenters. The molecule has 0 aliphatic rings. The Labute approximate surface area is 112 Å². The Morgan fingerprint density at radius 3 is 2.68 bits per heavy atom. The van der Waals surface area contributed by atoms with Crippen molar-refractivity contribution < 1.29 is 19.5 Å². The first-order valence-electron chi connectivity index (χ1n) is 5.78. The SMILES string of the molecule is CNC(=O)C(C)Oc1cc(OC)ccc1/C(C)=N/O. The molecule has 0 saturated carbocycles. The number of likely N-dealkylation sites (N-methyl/N-ethyl adjacent to an activating group) is 1. The standard InChI is InChI=1S/C13H18N2O4/c1-8(15-17)11-6-5-10(18-4)7-12(11)19-9(2)13(16)14-3/h5-7,9,17H,1-4H3,(H,14,16)/b15-8+. The van der Waals surface area contributed by atoms with Crippen molar-refractivity contribution in [3.05, 3.63) is 23.8 Å². The van der Waals surface area contributed by atoms with Gasteiger partial charge in [0.2, 0.25) is 0 Å². The van der Waals surface area contributed by atoms with Crippen LogP contribution < -0.4 is 14.8 Å². The molecule has 6 nitrogen and oxygen atoms in total. The molecule has 0 radical (unpaired) electrons. The number of nitrogens with one attached hydrogen (secondary N) is 1. The van der Waals surface area contributed by atoms with Crippen LogP contribution in [0.4, 0.5) is 0 Å². The highest BCUT2D eigenvalue weighted by molar-refractivity contribution is 6.01. The third-order valence-electron chi connectivity index (χ3n) is 2.65. The third kappa shape index (κ3) is 3.61. The number of nitrogens with zero attached hydrogens (tertiary/aromatic N) is 1. The molecule has 19 heavy (non-hydrogen) atoms. The van der Waals surface area contributed by atoms with Crippen LogP contribution in [0.5, 0.6) is 11.5 Å². The van der Waals surface area contributed by atoms with Crippen molar-refractivity contribution in [1.29, 1.82) is 0 Å². The molecule has 0 aromatic heterocycles. The minimum Gasteiger partial charge on any atom is -0.497 e. The molecule has 0 bridgehead atoms. The van der Waals surface area contributed by atoms with E-state index in [2.05, 4.69) is 10.5 Å². The molecular formula is C13H18N2O4. The van der Waals surface area contributed by atoms with Gasteiger partial charge < -0.3 is 20.0 Å². The van der Waals surface area contributed by atoms with Gasteiger partial charge in [-0.1, -0.05) is 5.16 Å². The van der Waals surface area contributed by atoms with Crippen LogP contribution in [0, 0.1) is 0 Å². The normalized spacial score (nSPS) is 12.7. The molecular weight excluding hydrogens is 248 g/mol. The van der Waals surface area contributed by atoms with E-state index in [1.54, 1.807) is 32.0 Å². The predicted molar refractivity (Wildman–Crippen MR) is 71.1 cm³/mol. The highest BCUT2D eigenvalue weighted by Gasteiger charge is 2.16. The smallest absolute Gasteiger partial charge is 0.260 e. The Bertz CT molecular complexity index is 486. The van der Waals surface area contributed by atoms with E-state index < -0.39 is 6.10 Å². The molecule has 104 valence electrons. The second-order valence-electron chi connectivity index (χ2n) is 3.92. The molecule has 0 fully saturated rings. The first kappa shape index (κ1) is 14.8. The maximum Gasteiger partial charge on any atom is 0.260 e. The maximum absolute atomic E-state index is 11.5. The Balaban J connectivity index is 3.11. The molecule has 0 saturated heterocycles. The van der Waals surface area contributed by atoms with Gasteiger partial charge in [-0.3, -0.25) is 4.79 Å². The van der Waals surface area contributed by atoms with Crippen LogP contribution in [0.15, 0.2) is 23.4 Å². The van der Waals surface area contributed by atoms with E-state index in [9.17, 15) is 4.79 Å². The average Bonchev–Trinajstić information content (AvgIpc) is 2.45. The van der Waals surface area contributed by atoms with Crippen LogP contribution in [0.2, 0.25) is 0 Å². The summed E-state index contributed by atoms with van der Waals surface area (Å²) in [5.41, 5.74) is 0.987. The first-order valence-corrected chi connectivity index (χ1v) is 5.78. The van der Waals surface area contributed by atoms with E-state index in [1.165, 1.54) is 14.2 Å². The highest BCUT2D eigenvalue weighted by atomic mass is 16.5. The van der Waals surface area contributed by atoms with Gasteiger partial charge in [0, 0.05) is 18.7 Å². The van der Waals surface area contributed by atoms with E-state index in [1.807, 2.05) is 0 Å². The lowest BCUT2D eigenvalue weighted by atomic mass is 10.1. The molecule has 1 amide bonds. The number of benzene rings is 1. The van der Waals surface area contributed by atoms with E-state index >= 15 is 0 Å². The fourth-order valence-corrected chi connectivity index (χ4v) is 1.53. The minimum absolute atomic E-state index is 0.243. The number of hydrogen-bond donors (Lipinski definition) is 2. The van der Waals surface area contributed by atoms with E-state index in [0.717, 1.165) is 0 Å². The molecule has 0 aliphatic heterocycles. The molecule has 6 heteroatoms. The number of ether oxygens (including phenoxy) is 2. The summed E-state index contributed by atoms with van der Waals surface area (Å²) in [7, 11) is 3.07. The fraction of sp³-hybridized carbons (Fsp3) is 0.385. The van der Waals surface area contributed by atoms with Crippen LogP contribution in [0.1, 0.15) is 19.4 Å². The van der Waals surface area contributed by atoms with Gasteiger partial charge in [-0.05, 0) is 26.0 Å². The zero-order valence-corrected chi connectivity index (χ0v) is 11.4. The number of carbonyl (C=O) groups excluding carboxylic acids is 1. The Hall–Kier alpha value is -2.24. The molecule has 1 atom stereocenters. The Morgan fingerprint density at radius 1 is 1.47 bits per heavy atom. The monoisotopic (exact) mass is 266 g/mol. The lowest BCUT2D eigenvalue weighted by Crippen LogP contribution is -2.34. The van der Waals surface area contributed by atoms with E-state index in [4.69, 9.17) is 14.7 Å². The number of carbonyl (C=O) groups is 1. The second-order valence-corrected chi connectivity index (χ2v) is 3.92. The molecule has 0 heterocycles. The molecule has 0 aliphatic carbocycles. The van der Waals surface area contributed by atoms with Gasteiger partial charge in [-0.2, -0.15) is 0 Å². The van der Waals surface area contributed by atoms with Gasteiger partial charge in [-0.25, -0.2) is 0 Å². The van der Waals surface area contributed by atoms with Gasteiger partial charge in [0.25, 0.3) is 5.91 Å². The minimum atomic E-state index is -0.664. The molecule has 2 N–H and O–H groups in total. The molecule has 1 aromatic carbocycles. The van der Waals surface area contributed by atoms with Crippen molar-refractivity contribution in [2.45, 2.75) is 20.0 Å². The first-order chi connectivity index (χ1) is 9.03. The van der Waals surface area contributed by atoms with Crippen LogP contribution in [0.25, 0.3) is 0 Å². The molecule has 1 aromatic rings. The maximum atomic E-state index is 11.5. The van der Waals surface area contributed by atoms with E-state index in [-0.39, 0.29) is 5.91 Å². The number of oxime groups is 1. The number of hydrogen-bond acceptors (Lipinski definition) is 5. The number of methoxy groups -OCH3 is 1. The Morgan fingerprint density at radius 2 is 2.16 bits per heavy atom. The zero-order valence-electron chi connectivity index (χ0n) is 11.4. The summed E-state index contributed by atoms with van der Waals surface area (Å²) in [4.78, 5) is 11.5. The van der Waals surface area contributed by atoms with Crippen LogP contribution >= 0.6 is 0 Å². The van der Waals surface area contributed by atoms with Gasteiger partial charge in [0.1, 0.15) is 11.5 Å². The van der Waals surface area contributed by atoms with E-state index in [0.29, 0.717) is 22.8 Å². The topological polar surface area (TPSA) is 80.2 Å². The van der Waals surface area contributed by atoms with Gasteiger partial charge in [0.05, 0.1) is 12.8 Å². The van der Waals surface area contributed by atoms with Gasteiger partial charge in [-0.15, -0.1) is 0 Å². The highest BCUT2D eigenvalue weighted by Crippen LogP contribution is 2.26. The van der Waals surface area contributed by atoms with Crippen LogP contribution in [0.3, 0.4) is 0 Å². The predicted octanol–water partition coefficient (Wildman–Crippen LogP) is 1.41. The summed E-state index contributed by atoms with van der Waals surface area (Å²) in [5.74, 6) is 0.770. The van der Waals surface area contributed by atoms with Crippen molar-refractivity contribution in [2.75, 3.05) is 14.2 Å². The Kier molecular flexibility index (Phi) is 5.17. The zero-order chi connectivity index (χ0) is 14.4. The number of amides is 1. The van der Waals surface area contributed by atoms with Crippen molar-refractivity contribution >= 4 is 11.6 Å². The fourth-order valence-electron chi connectivity index (χ4n) is 1.53. The van der Waals surface area contributed by atoms with Gasteiger partial charge in [0.15, 0.2) is 6.10 Å². The molecule has 1 rings (SSSR count). The van der Waals surface area contributed by atoms with Crippen molar-refractivity contribution in [2.24, 2.45) is 5.16 Å². The summed E-state index contributed by atoms with van der Waals surface area (Å²) in [6, 6.07) is 5.07.